The van der Waals surface area contributed by atoms with E-state index in [1.165, 1.54) is 0 Å². The Bertz CT molecular complexity index is 130. The predicted molar refractivity (Wildman–Crippen MR) is 43.2 cm³/mol. The third kappa shape index (κ3) is 2.61. The average molecular weight is 142 g/mol. The smallest absolute Gasteiger partial charge is 0.141 e. The minimum atomic E-state index is -1.29. The van der Waals surface area contributed by atoms with E-state index in [0.29, 0.717) is 0 Å². The molecule has 0 N–H and O–H groups in total. The van der Waals surface area contributed by atoms with E-state index in [1.54, 1.807) is 0 Å². The largest absolute Gasteiger partial charge is 0.299 e. The van der Waals surface area contributed by atoms with Crippen molar-refractivity contribution in [2.75, 3.05) is 0 Å². The van der Waals surface area contributed by atoms with Crippen molar-refractivity contribution in [1.82, 2.24) is 0 Å². The Morgan fingerprint density at radius 3 is 1.78 bits per heavy atom. The molecule has 1 nitrogen and oxygen atoms in total. The Balaban J connectivity index is 4.32. The van der Waals surface area contributed by atoms with E-state index in [1.807, 2.05) is 13.0 Å². The zero-order chi connectivity index (χ0) is 7.49. The summed E-state index contributed by atoms with van der Waals surface area (Å²) in [6.45, 7) is 8.41. The van der Waals surface area contributed by atoms with Crippen LogP contribution in [0.15, 0.2) is 11.3 Å². The monoisotopic (exact) mass is 142 g/mol. The van der Waals surface area contributed by atoms with Gasteiger partial charge in [-0.25, -0.2) is 0 Å². The van der Waals surface area contributed by atoms with Crippen LogP contribution < -0.4 is 0 Å². The van der Waals surface area contributed by atoms with Gasteiger partial charge < -0.3 is 0 Å². The predicted octanol–water partition coefficient (Wildman–Crippen LogP) is 2.01. The van der Waals surface area contributed by atoms with Crippen LogP contribution in [-0.2, 0) is 4.79 Å². The molecule has 0 heterocycles. The lowest BCUT2D eigenvalue weighted by molar-refractivity contribution is -0.104. The number of hydrogen-bond donors (Lipinski definition) is 0. The highest BCUT2D eigenvalue weighted by Gasteiger charge is 2.17. The highest BCUT2D eigenvalue weighted by Crippen LogP contribution is 2.10. The molecular weight excluding hydrogens is 128 g/mol. The normalized spacial score (nSPS) is 13.6. The van der Waals surface area contributed by atoms with Gasteiger partial charge >= 0.3 is 0 Å². The lowest BCUT2D eigenvalue weighted by Gasteiger charge is -2.14. The summed E-state index contributed by atoms with van der Waals surface area (Å²) >= 11 is 0. The maximum Gasteiger partial charge on any atom is 0.141 e. The molecule has 52 valence electrons. The zero-order valence-corrected chi connectivity index (χ0v) is 7.56. The van der Waals surface area contributed by atoms with Crippen LogP contribution in [0.1, 0.15) is 6.92 Å². The number of carbonyl (C=O) groups excluding carboxylic acids is 1. The number of carbonyl (C=O) groups is 1. The summed E-state index contributed by atoms with van der Waals surface area (Å²) < 4.78 is 0. The molecule has 9 heavy (non-hydrogen) atoms. The highest BCUT2D eigenvalue weighted by molar-refractivity contribution is 6.86. The lowest BCUT2D eigenvalue weighted by Crippen LogP contribution is -2.24. The molecule has 0 aliphatic heterocycles. The van der Waals surface area contributed by atoms with Gasteiger partial charge in [0, 0.05) is 0 Å². The van der Waals surface area contributed by atoms with Crippen LogP contribution >= 0.6 is 0 Å². The van der Waals surface area contributed by atoms with Gasteiger partial charge in [0.15, 0.2) is 0 Å². The lowest BCUT2D eigenvalue weighted by atomic mass is 10.6. The summed E-state index contributed by atoms with van der Waals surface area (Å²) in [6, 6.07) is 0. The average Bonchev–Trinajstić information content (AvgIpc) is 1.65. The SMILES string of the molecule is C/C=C(/C=O)[Si](C)(C)C. The molecule has 0 aliphatic carbocycles. The van der Waals surface area contributed by atoms with Crippen LogP contribution in [-0.4, -0.2) is 14.4 Å². The molecule has 0 saturated heterocycles. The Morgan fingerprint density at radius 1 is 1.33 bits per heavy atom. The van der Waals surface area contributed by atoms with Crippen LogP contribution in [0.4, 0.5) is 0 Å². The van der Waals surface area contributed by atoms with Crippen molar-refractivity contribution in [3.8, 4) is 0 Å². The first-order valence-electron chi connectivity index (χ1n) is 3.14. The van der Waals surface area contributed by atoms with Gasteiger partial charge in [-0.3, -0.25) is 4.79 Å². The van der Waals surface area contributed by atoms with Crippen LogP contribution in [0.5, 0.6) is 0 Å². The molecule has 0 fully saturated rings. The molecule has 2 heteroatoms. The van der Waals surface area contributed by atoms with Crippen molar-refractivity contribution in [3.63, 3.8) is 0 Å². The van der Waals surface area contributed by atoms with E-state index >= 15 is 0 Å². The molecule has 0 unspecified atom stereocenters. The fourth-order valence-electron chi connectivity index (χ4n) is 0.678. The first-order chi connectivity index (χ1) is 4.02. The van der Waals surface area contributed by atoms with Gasteiger partial charge in [-0.1, -0.05) is 25.7 Å². The van der Waals surface area contributed by atoms with Crippen molar-refractivity contribution in [2.45, 2.75) is 26.6 Å². The van der Waals surface area contributed by atoms with Crippen molar-refractivity contribution < 1.29 is 4.79 Å². The Morgan fingerprint density at radius 2 is 1.78 bits per heavy atom. The van der Waals surface area contributed by atoms with E-state index in [0.717, 1.165) is 11.5 Å². The summed E-state index contributed by atoms with van der Waals surface area (Å²) in [7, 11) is -1.29. The molecule has 0 bridgehead atoms. The maximum atomic E-state index is 10.3. The van der Waals surface area contributed by atoms with Gasteiger partial charge in [0.25, 0.3) is 0 Å². The molecule has 0 aromatic heterocycles. The highest BCUT2D eigenvalue weighted by atomic mass is 28.3. The van der Waals surface area contributed by atoms with E-state index in [9.17, 15) is 4.79 Å². The molecule has 0 atom stereocenters. The first kappa shape index (κ1) is 8.63. The van der Waals surface area contributed by atoms with E-state index in [4.69, 9.17) is 0 Å². The third-order valence-corrected chi connectivity index (χ3v) is 3.44. The van der Waals surface area contributed by atoms with Crippen LogP contribution in [0.2, 0.25) is 19.6 Å². The number of aldehydes is 1. The molecule has 0 aromatic carbocycles. The minimum Gasteiger partial charge on any atom is -0.299 e. The van der Waals surface area contributed by atoms with Crippen LogP contribution in [0.25, 0.3) is 0 Å². The van der Waals surface area contributed by atoms with Crippen molar-refractivity contribution in [3.05, 3.63) is 11.3 Å². The Kier molecular flexibility index (Phi) is 2.84. The second-order valence-electron chi connectivity index (χ2n) is 3.11. The van der Waals surface area contributed by atoms with E-state index < -0.39 is 8.07 Å². The molecule has 0 aliphatic rings. The zero-order valence-electron chi connectivity index (χ0n) is 6.56. The molecule has 0 amide bonds. The molecule has 0 saturated carbocycles. The Hall–Kier alpha value is -0.373. The summed E-state index contributed by atoms with van der Waals surface area (Å²) in [4.78, 5) is 10.3. The summed E-state index contributed by atoms with van der Waals surface area (Å²) in [5.74, 6) is 0. The van der Waals surface area contributed by atoms with Crippen LogP contribution in [0, 0.1) is 0 Å². The van der Waals surface area contributed by atoms with Gasteiger partial charge in [-0.05, 0) is 12.1 Å². The standard InChI is InChI=1S/C7H14OSi/c1-5-7(6-8)9(2,3)4/h5-6H,1-4H3/b7-5-. The topological polar surface area (TPSA) is 17.1 Å². The summed E-state index contributed by atoms with van der Waals surface area (Å²) in [6.07, 6.45) is 2.89. The minimum absolute atomic E-state index is 0.978. The van der Waals surface area contributed by atoms with Crippen LogP contribution in [0.3, 0.4) is 0 Å². The second kappa shape index (κ2) is 2.97. The fourth-order valence-corrected chi connectivity index (χ4v) is 1.90. The molecular formula is C7H14OSi. The van der Waals surface area contributed by atoms with Crippen molar-refractivity contribution in [1.29, 1.82) is 0 Å². The van der Waals surface area contributed by atoms with Gasteiger partial charge in [0.05, 0.1) is 8.07 Å². The van der Waals surface area contributed by atoms with Crippen molar-refractivity contribution >= 4 is 14.4 Å². The molecule has 0 spiro atoms. The first-order valence-corrected chi connectivity index (χ1v) is 6.64. The second-order valence-corrected chi connectivity index (χ2v) is 8.19. The van der Waals surface area contributed by atoms with Gasteiger partial charge in [-0.2, -0.15) is 0 Å². The van der Waals surface area contributed by atoms with E-state index in [-0.39, 0.29) is 0 Å². The number of rotatable bonds is 2. The third-order valence-electron chi connectivity index (χ3n) is 1.30. The summed E-state index contributed by atoms with van der Waals surface area (Å²) in [5, 5.41) is 1.00. The van der Waals surface area contributed by atoms with Gasteiger partial charge in [0.2, 0.25) is 0 Å². The van der Waals surface area contributed by atoms with E-state index in [2.05, 4.69) is 19.6 Å². The molecule has 0 rings (SSSR count). The quantitative estimate of drug-likeness (QED) is 0.327. The molecule has 0 radical (unpaired) electrons. The summed E-state index contributed by atoms with van der Waals surface area (Å²) in [5.41, 5.74) is 0. The fraction of sp³-hybridized carbons (Fsp3) is 0.571. The number of allylic oxidation sites excluding steroid dienone is 2. The number of hydrogen-bond acceptors (Lipinski definition) is 1. The maximum absolute atomic E-state index is 10.3. The Labute approximate surface area is 57.8 Å². The van der Waals surface area contributed by atoms with Crippen molar-refractivity contribution in [2.24, 2.45) is 0 Å². The van der Waals surface area contributed by atoms with Gasteiger partial charge in [-0.15, -0.1) is 0 Å². The molecule has 0 aromatic rings. The van der Waals surface area contributed by atoms with Gasteiger partial charge in [0.1, 0.15) is 6.29 Å².